The zero-order chi connectivity index (χ0) is 10.9. The molecule has 0 aliphatic heterocycles. The Labute approximate surface area is 97.4 Å². The van der Waals surface area contributed by atoms with Crippen molar-refractivity contribution < 1.29 is 4.79 Å². The maximum atomic E-state index is 11.1. The molecule has 0 N–H and O–H groups in total. The average molecular weight is 253 g/mol. The van der Waals surface area contributed by atoms with Gasteiger partial charge in [-0.2, -0.15) is 0 Å². The molecule has 0 saturated carbocycles. The summed E-state index contributed by atoms with van der Waals surface area (Å²) in [6.45, 7) is 1.43. The second kappa shape index (κ2) is 4.39. The van der Waals surface area contributed by atoms with Crippen molar-refractivity contribution in [2.75, 3.05) is 11.9 Å². The molecule has 1 aromatic rings. The Balaban J connectivity index is 3.27. The lowest BCUT2D eigenvalue weighted by molar-refractivity contribution is -0.116. The molecule has 0 aliphatic rings. The summed E-state index contributed by atoms with van der Waals surface area (Å²) in [5.74, 6) is -0.142. The molecule has 0 saturated heterocycles. The second-order valence-electron chi connectivity index (χ2n) is 2.80. The van der Waals surface area contributed by atoms with Crippen LogP contribution in [-0.2, 0) is 4.79 Å². The van der Waals surface area contributed by atoms with E-state index in [1.165, 1.54) is 11.8 Å². The van der Waals surface area contributed by atoms with Crippen molar-refractivity contribution in [3.05, 3.63) is 27.2 Å². The topological polar surface area (TPSA) is 20.3 Å². The summed E-state index contributed by atoms with van der Waals surface area (Å²) in [7, 11) is 1.60. The Morgan fingerprint density at radius 3 is 2.00 bits per heavy atom. The van der Waals surface area contributed by atoms with E-state index in [2.05, 4.69) is 0 Å². The van der Waals surface area contributed by atoms with E-state index < -0.39 is 0 Å². The molecule has 0 aliphatic carbocycles. The van der Waals surface area contributed by atoms with E-state index in [-0.39, 0.29) is 5.91 Å². The third kappa shape index (κ3) is 2.32. The van der Waals surface area contributed by atoms with Crippen LogP contribution in [0.4, 0.5) is 5.69 Å². The normalized spacial score (nSPS) is 10.1. The third-order valence-corrected chi connectivity index (χ3v) is 2.58. The highest BCUT2D eigenvalue weighted by Gasteiger charge is 2.14. The van der Waals surface area contributed by atoms with Gasteiger partial charge in [-0.15, -0.1) is 0 Å². The Kier molecular flexibility index (Phi) is 3.65. The van der Waals surface area contributed by atoms with Gasteiger partial charge in [-0.1, -0.05) is 34.8 Å². The summed E-state index contributed by atoms with van der Waals surface area (Å²) in [4.78, 5) is 12.5. The first-order valence-corrected chi connectivity index (χ1v) is 4.95. The molecule has 1 rings (SSSR count). The zero-order valence-electron chi connectivity index (χ0n) is 7.64. The largest absolute Gasteiger partial charge is 0.313 e. The van der Waals surface area contributed by atoms with Gasteiger partial charge in [0.05, 0.1) is 15.7 Å². The third-order valence-electron chi connectivity index (χ3n) is 1.79. The molecule has 0 unspecified atom stereocenters. The number of carbonyl (C=O) groups excluding carboxylic acids is 1. The van der Waals surface area contributed by atoms with Gasteiger partial charge in [0.2, 0.25) is 5.91 Å². The van der Waals surface area contributed by atoms with Crippen molar-refractivity contribution in [3.63, 3.8) is 0 Å². The van der Waals surface area contributed by atoms with Gasteiger partial charge >= 0.3 is 0 Å². The van der Waals surface area contributed by atoms with E-state index >= 15 is 0 Å². The first-order chi connectivity index (χ1) is 6.43. The molecule has 1 amide bonds. The van der Waals surface area contributed by atoms with Crippen molar-refractivity contribution in [3.8, 4) is 0 Å². The molecule has 0 spiro atoms. The maximum Gasteiger partial charge on any atom is 0.223 e. The summed E-state index contributed by atoms with van der Waals surface area (Å²) in [5.41, 5.74) is 0.477. The second-order valence-corrected chi connectivity index (χ2v) is 4.05. The van der Waals surface area contributed by atoms with Gasteiger partial charge in [-0.05, 0) is 12.1 Å². The molecule has 2 nitrogen and oxygen atoms in total. The van der Waals surface area contributed by atoms with Crippen molar-refractivity contribution in [2.24, 2.45) is 0 Å². The molecular weight excluding hydrogens is 244 g/mol. The fraction of sp³-hybridized carbons (Fsp3) is 0.222. The minimum Gasteiger partial charge on any atom is -0.313 e. The first kappa shape index (κ1) is 11.6. The van der Waals surface area contributed by atoms with Crippen LogP contribution in [0.15, 0.2) is 12.1 Å². The number of nitrogens with zero attached hydrogens (tertiary/aromatic N) is 1. The summed E-state index contributed by atoms with van der Waals surface area (Å²) in [6, 6.07) is 3.09. The molecule has 0 bridgehead atoms. The van der Waals surface area contributed by atoms with Crippen LogP contribution in [0.2, 0.25) is 15.1 Å². The quantitative estimate of drug-likeness (QED) is 0.747. The molecule has 5 heteroatoms. The molecule has 0 fully saturated rings. The molecule has 14 heavy (non-hydrogen) atoms. The van der Waals surface area contributed by atoms with E-state index in [0.717, 1.165) is 0 Å². The zero-order valence-corrected chi connectivity index (χ0v) is 9.91. The Bertz CT molecular complexity index is 355. The van der Waals surface area contributed by atoms with Gasteiger partial charge in [0.25, 0.3) is 0 Å². The molecule has 0 atom stereocenters. The number of benzene rings is 1. The fourth-order valence-corrected chi connectivity index (χ4v) is 2.08. The van der Waals surface area contributed by atoms with E-state index in [1.807, 2.05) is 0 Å². The fourth-order valence-electron chi connectivity index (χ4n) is 1.01. The number of halogens is 3. The SMILES string of the molecule is CC(=O)N(C)c1c(Cl)cc(Cl)cc1Cl. The Hall–Kier alpha value is -0.440. The molecule has 0 aromatic heterocycles. The minimum absolute atomic E-state index is 0.142. The van der Waals surface area contributed by atoms with Crippen molar-refractivity contribution >= 4 is 46.4 Å². The van der Waals surface area contributed by atoms with Crippen molar-refractivity contribution in [1.82, 2.24) is 0 Å². The van der Waals surface area contributed by atoms with Crippen LogP contribution in [0.3, 0.4) is 0 Å². The van der Waals surface area contributed by atoms with Crippen LogP contribution in [0.1, 0.15) is 6.92 Å². The smallest absolute Gasteiger partial charge is 0.223 e. The lowest BCUT2D eigenvalue weighted by Crippen LogP contribution is -2.23. The van der Waals surface area contributed by atoms with Crippen LogP contribution in [-0.4, -0.2) is 13.0 Å². The molecule has 0 heterocycles. The van der Waals surface area contributed by atoms with Crippen LogP contribution < -0.4 is 4.90 Å². The number of hydrogen-bond donors (Lipinski definition) is 0. The van der Waals surface area contributed by atoms with Gasteiger partial charge in [0, 0.05) is 19.0 Å². The van der Waals surface area contributed by atoms with Crippen molar-refractivity contribution in [2.45, 2.75) is 6.92 Å². The highest BCUT2D eigenvalue weighted by Crippen LogP contribution is 2.35. The van der Waals surface area contributed by atoms with Crippen LogP contribution in [0, 0.1) is 0 Å². The summed E-state index contributed by atoms with van der Waals surface area (Å²) >= 11 is 17.6. The van der Waals surface area contributed by atoms with Crippen molar-refractivity contribution in [1.29, 1.82) is 0 Å². The number of hydrogen-bond acceptors (Lipinski definition) is 1. The van der Waals surface area contributed by atoms with Gasteiger partial charge in [-0.25, -0.2) is 0 Å². The molecule has 0 radical (unpaired) electrons. The minimum atomic E-state index is -0.142. The van der Waals surface area contributed by atoms with Crippen LogP contribution >= 0.6 is 34.8 Å². The average Bonchev–Trinajstić information content (AvgIpc) is 2.01. The van der Waals surface area contributed by atoms with Gasteiger partial charge < -0.3 is 4.90 Å². The number of carbonyl (C=O) groups is 1. The standard InChI is InChI=1S/C9H8Cl3NO/c1-5(14)13(2)9-7(11)3-6(10)4-8(9)12/h3-4H,1-2H3. The van der Waals surface area contributed by atoms with E-state index in [4.69, 9.17) is 34.8 Å². The molecule has 1 aromatic carbocycles. The molecule has 76 valence electrons. The maximum absolute atomic E-state index is 11.1. The van der Waals surface area contributed by atoms with E-state index in [9.17, 15) is 4.79 Å². The highest BCUT2D eigenvalue weighted by atomic mass is 35.5. The van der Waals surface area contributed by atoms with E-state index in [1.54, 1.807) is 19.2 Å². The van der Waals surface area contributed by atoms with Gasteiger partial charge in [-0.3, -0.25) is 4.79 Å². The summed E-state index contributed by atoms with van der Waals surface area (Å²) < 4.78 is 0. The molecular formula is C9H8Cl3NO. The number of rotatable bonds is 1. The number of amides is 1. The van der Waals surface area contributed by atoms with Gasteiger partial charge in [0.15, 0.2) is 0 Å². The monoisotopic (exact) mass is 251 g/mol. The van der Waals surface area contributed by atoms with Crippen LogP contribution in [0.5, 0.6) is 0 Å². The summed E-state index contributed by atoms with van der Waals surface area (Å²) in [5, 5.41) is 1.17. The van der Waals surface area contributed by atoms with Crippen LogP contribution in [0.25, 0.3) is 0 Å². The Morgan fingerprint density at radius 1 is 1.21 bits per heavy atom. The number of anilines is 1. The lowest BCUT2D eigenvalue weighted by Gasteiger charge is -2.18. The predicted octanol–water partition coefficient (Wildman–Crippen LogP) is 3.63. The lowest BCUT2D eigenvalue weighted by atomic mass is 10.3. The summed E-state index contributed by atoms with van der Waals surface area (Å²) in [6.07, 6.45) is 0. The predicted molar refractivity (Wildman–Crippen MR) is 60.6 cm³/mol. The highest BCUT2D eigenvalue weighted by molar-refractivity contribution is 6.42. The first-order valence-electron chi connectivity index (χ1n) is 3.82. The van der Waals surface area contributed by atoms with E-state index in [0.29, 0.717) is 20.8 Å². The Morgan fingerprint density at radius 2 is 1.64 bits per heavy atom. The van der Waals surface area contributed by atoms with Gasteiger partial charge in [0.1, 0.15) is 0 Å².